The quantitative estimate of drug-likeness (QED) is 0.111. The summed E-state index contributed by atoms with van der Waals surface area (Å²) >= 11 is 6.08. The summed E-state index contributed by atoms with van der Waals surface area (Å²) in [6.45, 7) is 7.62. The maximum Gasteiger partial charge on any atom is 0.410 e. The van der Waals surface area contributed by atoms with Crippen molar-refractivity contribution in [3.63, 3.8) is 0 Å². The Balaban J connectivity index is 1.03. The maximum absolute atomic E-state index is 13.4. The van der Waals surface area contributed by atoms with Crippen molar-refractivity contribution in [2.45, 2.75) is 38.8 Å². The van der Waals surface area contributed by atoms with Crippen LogP contribution in [-0.2, 0) is 17.7 Å². The van der Waals surface area contributed by atoms with Crippen LogP contribution in [0.4, 0.5) is 16.3 Å². The molecule has 2 aliphatic heterocycles. The molecule has 1 amide bonds. The molecule has 0 radical (unpaired) electrons. The first-order chi connectivity index (χ1) is 23.4. The third kappa shape index (κ3) is 6.14. The number of anilines is 2. The fourth-order valence-corrected chi connectivity index (χ4v) is 7.40. The minimum Gasteiger partial charge on any atom is -0.448 e. The molecule has 3 aliphatic rings. The molecule has 11 heteroatoms. The Morgan fingerprint density at radius 1 is 1.04 bits per heavy atom. The minimum atomic E-state index is -0.310. The summed E-state index contributed by atoms with van der Waals surface area (Å²) in [5, 5.41) is 13.4. The standard InChI is InChI=1S/C37H37ClN8O2/c1-24(2)33-21-44(34-14-16-40-35(38)43-34)18-19-46(33)36(41-23-39)42-32-13-7-8-25-20-45(17-15-26(25)32)37(47)48-22-31-29-11-5-3-9-27(29)28-10-4-6-12-30(28)31/h3-14,16,24,31,33H,15,17-22H2,1-2H3,(H,41,42). The van der Waals surface area contributed by atoms with Gasteiger partial charge in [-0.25, -0.2) is 14.8 Å². The van der Waals surface area contributed by atoms with Crippen molar-refractivity contribution < 1.29 is 9.53 Å². The minimum absolute atomic E-state index is 0.0161. The van der Waals surface area contributed by atoms with Crippen LogP contribution in [-0.4, -0.2) is 70.6 Å². The molecule has 1 atom stereocenters. The molecule has 1 unspecified atom stereocenters. The maximum atomic E-state index is 13.4. The van der Waals surface area contributed by atoms with E-state index in [1.54, 1.807) is 11.1 Å². The van der Waals surface area contributed by atoms with Gasteiger partial charge in [0.15, 0.2) is 0 Å². The van der Waals surface area contributed by atoms with Crippen molar-refractivity contribution in [2.24, 2.45) is 10.9 Å². The lowest BCUT2D eigenvalue weighted by Crippen LogP contribution is -2.58. The highest BCUT2D eigenvalue weighted by Gasteiger charge is 2.34. The second kappa shape index (κ2) is 13.5. The summed E-state index contributed by atoms with van der Waals surface area (Å²) in [7, 11) is 0. The van der Waals surface area contributed by atoms with E-state index in [1.807, 2.05) is 42.6 Å². The van der Waals surface area contributed by atoms with Crippen LogP contribution in [0, 0.1) is 17.4 Å². The number of nitrogens with zero attached hydrogens (tertiary/aromatic N) is 7. The summed E-state index contributed by atoms with van der Waals surface area (Å²) in [4.78, 5) is 32.2. The molecule has 1 fully saturated rings. The third-order valence-electron chi connectivity index (χ3n) is 9.66. The van der Waals surface area contributed by atoms with Crippen LogP contribution in [0.5, 0.6) is 0 Å². The largest absolute Gasteiger partial charge is 0.448 e. The Morgan fingerprint density at radius 3 is 2.50 bits per heavy atom. The molecule has 0 bridgehead atoms. The van der Waals surface area contributed by atoms with Crippen molar-refractivity contribution in [1.82, 2.24) is 19.8 Å². The van der Waals surface area contributed by atoms with Crippen LogP contribution in [0.25, 0.3) is 11.1 Å². The van der Waals surface area contributed by atoms with Gasteiger partial charge >= 0.3 is 6.09 Å². The molecule has 48 heavy (non-hydrogen) atoms. The van der Waals surface area contributed by atoms with Crippen LogP contribution < -0.4 is 10.2 Å². The van der Waals surface area contributed by atoms with E-state index in [1.165, 1.54) is 22.3 Å². The first-order valence-corrected chi connectivity index (χ1v) is 16.7. The van der Waals surface area contributed by atoms with Gasteiger partial charge in [0, 0.05) is 50.5 Å². The number of nitrogens with one attached hydrogen (secondary N) is 1. The highest BCUT2D eigenvalue weighted by molar-refractivity contribution is 6.28. The second-order valence-corrected chi connectivity index (χ2v) is 13.1. The number of aromatic nitrogens is 2. The average molecular weight is 661 g/mol. The lowest BCUT2D eigenvalue weighted by molar-refractivity contribution is 0.0954. The number of fused-ring (bicyclic) bond motifs is 4. The number of hydrogen-bond acceptors (Lipinski definition) is 7. The molecule has 1 saturated heterocycles. The zero-order valence-corrected chi connectivity index (χ0v) is 27.8. The number of nitriles is 1. The van der Waals surface area contributed by atoms with Gasteiger partial charge in [-0.15, -0.1) is 4.99 Å². The molecular weight excluding hydrogens is 624 g/mol. The number of benzene rings is 3. The fraction of sp³-hybridized carbons (Fsp3) is 0.324. The Labute approximate surface area is 285 Å². The Kier molecular flexibility index (Phi) is 8.87. The van der Waals surface area contributed by atoms with Crippen LogP contribution in [0.1, 0.15) is 42.0 Å². The molecule has 0 spiro atoms. The number of piperazine rings is 1. The summed E-state index contributed by atoms with van der Waals surface area (Å²) in [5.41, 5.74) is 7.85. The molecule has 10 nitrogen and oxygen atoms in total. The summed E-state index contributed by atoms with van der Waals surface area (Å²) in [6, 6.07) is 24.7. The number of halogens is 1. The van der Waals surface area contributed by atoms with E-state index in [0.717, 1.165) is 22.6 Å². The Morgan fingerprint density at radius 2 is 1.79 bits per heavy atom. The number of guanidine groups is 1. The summed E-state index contributed by atoms with van der Waals surface area (Å²) in [6.07, 6.45) is 4.02. The Bertz CT molecular complexity index is 1860. The summed E-state index contributed by atoms with van der Waals surface area (Å²) in [5.74, 6) is 1.59. The van der Waals surface area contributed by atoms with E-state index in [4.69, 9.17) is 16.3 Å². The van der Waals surface area contributed by atoms with Gasteiger partial charge < -0.3 is 24.8 Å². The molecule has 4 aromatic rings. The number of carbonyl (C=O) groups is 1. The number of amides is 1. The van der Waals surface area contributed by atoms with Gasteiger partial charge in [0.05, 0.1) is 6.04 Å². The van der Waals surface area contributed by atoms with E-state index < -0.39 is 0 Å². The van der Waals surface area contributed by atoms with Crippen molar-refractivity contribution in [2.75, 3.05) is 43.0 Å². The Hall–Kier alpha value is -5.14. The van der Waals surface area contributed by atoms with Gasteiger partial charge in [-0.3, -0.25) is 0 Å². The van der Waals surface area contributed by atoms with Crippen LogP contribution in [0.2, 0.25) is 5.28 Å². The topological polar surface area (TPSA) is 110 Å². The van der Waals surface area contributed by atoms with E-state index in [2.05, 4.69) is 80.3 Å². The smallest absolute Gasteiger partial charge is 0.410 e. The molecule has 1 N–H and O–H groups in total. The van der Waals surface area contributed by atoms with Crippen LogP contribution in [0.3, 0.4) is 0 Å². The number of carbonyl (C=O) groups excluding carboxylic acids is 1. The predicted molar refractivity (Wildman–Crippen MR) is 187 cm³/mol. The molecule has 7 rings (SSSR count). The second-order valence-electron chi connectivity index (χ2n) is 12.7. The van der Waals surface area contributed by atoms with Gasteiger partial charge in [-0.1, -0.05) is 74.5 Å². The van der Waals surface area contributed by atoms with E-state index in [9.17, 15) is 10.1 Å². The van der Waals surface area contributed by atoms with Gasteiger partial charge in [0.2, 0.25) is 17.4 Å². The van der Waals surface area contributed by atoms with Crippen molar-refractivity contribution >= 4 is 35.2 Å². The first kappa shape index (κ1) is 31.5. The van der Waals surface area contributed by atoms with Gasteiger partial charge in [0.25, 0.3) is 0 Å². The van der Waals surface area contributed by atoms with E-state index in [-0.39, 0.29) is 29.3 Å². The van der Waals surface area contributed by atoms with Crippen LogP contribution in [0.15, 0.2) is 84.0 Å². The van der Waals surface area contributed by atoms with Gasteiger partial charge in [-0.05, 0) is 69.5 Å². The van der Waals surface area contributed by atoms with Crippen LogP contribution >= 0.6 is 11.6 Å². The zero-order chi connectivity index (χ0) is 33.2. The highest BCUT2D eigenvalue weighted by Crippen LogP contribution is 2.44. The number of ether oxygens (including phenoxy) is 1. The van der Waals surface area contributed by atoms with Gasteiger partial charge in [0.1, 0.15) is 12.4 Å². The molecular formula is C37H37ClN8O2. The first-order valence-electron chi connectivity index (χ1n) is 16.4. The fourth-order valence-electron chi connectivity index (χ4n) is 7.25. The van der Waals surface area contributed by atoms with Crippen molar-refractivity contribution in [3.05, 3.63) is 107 Å². The monoisotopic (exact) mass is 660 g/mol. The normalized spacial score (nSPS) is 17.4. The molecule has 3 aromatic carbocycles. The van der Waals surface area contributed by atoms with E-state index >= 15 is 0 Å². The molecule has 0 saturated carbocycles. The number of aliphatic imine (C=N–C) groups is 1. The lowest BCUT2D eigenvalue weighted by atomic mass is 9.97. The SMILES string of the molecule is CC(C)C1CN(c2ccnc(Cl)n2)CCN1/C(=N\C#N)Nc1cccc2c1CCN(C(=O)OCC1c3ccccc3-c3ccccc31)C2. The average Bonchev–Trinajstić information content (AvgIpc) is 3.43. The number of rotatable bonds is 5. The third-order valence-corrected chi connectivity index (χ3v) is 9.84. The van der Waals surface area contributed by atoms with E-state index in [0.29, 0.717) is 51.7 Å². The number of hydrogen-bond donors (Lipinski definition) is 1. The van der Waals surface area contributed by atoms with Gasteiger partial charge in [-0.2, -0.15) is 5.26 Å². The summed E-state index contributed by atoms with van der Waals surface area (Å²) < 4.78 is 5.97. The van der Waals surface area contributed by atoms with Crippen molar-refractivity contribution in [3.8, 4) is 17.3 Å². The molecule has 1 aliphatic carbocycles. The lowest BCUT2D eigenvalue weighted by Gasteiger charge is -2.45. The van der Waals surface area contributed by atoms with Crippen molar-refractivity contribution in [1.29, 1.82) is 5.26 Å². The highest BCUT2D eigenvalue weighted by atomic mass is 35.5. The molecule has 3 heterocycles. The predicted octanol–water partition coefficient (Wildman–Crippen LogP) is 6.53. The zero-order valence-electron chi connectivity index (χ0n) is 27.0. The molecule has 244 valence electrons. The molecule has 1 aromatic heterocycles.